The number of morpholine rings is 1. The van der Waals surface area contributed by atoms with Gasteiger partial charge in [-0.1, -0.05) is 25.2 Å². The summed E-state index contributed by atoms with van der Waals surface area (Å²) in [4.78, 5) is 23.9. The molecule has 164 valence electrons. The summed E-state index contributed by atoms with van der Waals surface area (Å²) in [5, 5.41) is 3.42. The molecule has 1 aliphatic rings. The molecule has 31 heavy (non-hydrogen) atoms. The minimum Gasteiger partial charge on any atom is -0.494 e. The number of fused-ring (bicyclic) bond motifs is 1. The van der Waals surface area contributed by atoms with Crippen LogP contribution in [0.3, 0.4) is 0 Å². The number of rotatable bonds is 7. The molecule has 3 aromatic rings. The van der Waals surface area contributed by atoms with Crippen molar-refractivity contribution >= 4 is 38.3 Å². The monoisotopic (exact) mass is 442 g/mol. The number of benzene rings is 1. The molecule has 0 atom stereocenters. The van der Waals surface area contributed by atoms with Gasteiger partial charge in [0.05, 0.1) is 37.3 Å². The SMILES string of the molecule is COc1ccc(N2CCOCC2)c2sc(NC(=O)c3ccnc(OCC(C)C)c3)nc12. The van der Waals surface area contributed by atoms with Crippen LogP contribution in [-0.2, 0) is 4.74 Å². The van der Waals surface area contributed by atoms with Crippen LogP contribution in [0.1, 0.15) is 24.2 Å². The van der Waals surface area contributed by atoms with E-state index < -0.39 is 0 Å². The van der Waals surface area contributed by atoms with Crippen molar-refractivity contribution in [1.82, 2.24) is 9.97 Å². The minimum atomic E-state index is -0.261. The first-order valence-corrected chi connectivity index (χ1v) is 11.1. The van der Waals surface area contributed by atoms with Crippen molar-refractivity contribution in [2.45, 2.75) is 13.8 Å². The molecule has 1 saturated heterocycles. The van der Waals surface area contributed by atoms with Crippen LogP contribution in [-0.4, -0.2) is 55.9 Å². The fraction of sp³-hybridized carbons (Fsp3) is 0.409. The van der Waals surface area contributed by atoms with E-state index in [-0.39, 0.29) is 5.91 Å². The zero-order valence-electron chi connectivity index (χ0n) is 17.9. The van der Waals surface area contributed by atoms with Gasteiger partial charge in [-0.05, 0) is 24.1 Å². The van der Waals surface area contributed by atoms with Crippen LogP contribution < -0.4 is 19.7 Å². The molecule has 9 heteroatoms. The summed E-state index contributed by atoms with van der Waals surface area (Å²) < 4.78 is 17.6. The number of nitrogens with zero attached hydrogens (tertiary/aromatic N) is 3. The molecule has 1 aliphatic heterocycles. The lowest BCUT2D eigenvalue weighted by Crippen LogP contribution is -2.36. The van der Waals surface area contributed by atoms with Crippen molar-refractivity contribution in [3.8, 4) is 11.6 Å². The third-order valence-corrected chi connectivity index (χ3v) is 5.83. The van der Waals surface area contributed by atoms with E-state index in [9.17, 15) is 4.79 Å². The number of hydrogen-bond acceptors (Lipinski definition) is 8. The summed E-state index contributed by atoms with van der Waals surface area (Å²) in [6.45, 7) is 7.68. The van der Waals surface area contributed by atoms with E-state index in [4.69, 9.17) is 14.2 Å². The maximum Gasteiger partial charge on any atom is 0.257 e. The van der Waals surface area contributed by atoms with E-state index in [1.807, 2.05) is 12.1 Å². The number of ether oxygens (including phenoxy) is 3. The molecule has 0 spiro atoms. The Hall–Kier alpha value is -2.91. The van der Waals surface area contributed by atoms with Crippen molar-refractivity contribution in [3.63, 3.8) is 0 Å². The molecule has 0 radical (unpaired) electrons. The first-order chi connectivity index (χ1) is 15.0. The number of carbonyl (C=O) groups excluding carboxylic acids is 1. The number of amides is 1. The van der Waals surface area contributed by atoms with Gasteiger partial charge in [-0.25, -0.2) is 9.97 Å². The zero-order valence-corrected chi connectivity index (χ0v) is 18.7. The van der Waals surface area contributed by atoms with Crippen LogP contribution in [0.2, 0.25) is 0 Å². The highest BCUT2D eigenvalue weighted by atomic mass is 32.1. The Morgan fingerprint density at radius 2 is 2.10 bits per heavy atom. The molecule has 1 amide bonds. The number of aromatic nitrogens is 2. The Kier molecular flexibility index (Phi) is 6.53. The zero-order chi connectivity index (χ0) is 21.8. The Labute approximate surface area is 185 Å². The smallest absolute Gasteiger partial charge is 0.257 e. The lowest BCUT2D eigenvalue weighted by atomic mass is 10.2. The summed E-state index contributed by atoms with van der Waals surface area (Å²) in [7, 11) is 1.62. The first-order valence-electron chi connectivity index (χ1n) is 10.3. The second-order valence-corrected chi connectivity index (χ2v) is 8.62. The Morgan fingerprint density at radius 1 is 1.29 bits per heavy atom. The molecule has 0 unspecified atom stereocenters. The van der Waals surface area contributed by atoms with Gasteiger partial charge in [0.1, 0.15) is 11.3 Å². The van der Waals surface area contributed by atoms with Gasteiger partial charge in [-0.2, -0.15) is 0 Å². The molecule has 1 fully saturated rings. The number of nitrogens with one attached hydrogen (secondary N) is 1. The van der Waals surface area contributed by atoms with Crippen LogP contribution >= 0.6 is 11.3 Å². The number of methoxy groups -OCH3 is 1. The van der Waals surface area contributed by atoms with E-state index in [0.29, 0.717) is 48.1 Å². The average Bonchev–Trinajstić information content (AvgIpc) is 3.21. The van der Waals surface area contributed by atoms with Gasteiger partial charge >= 0.3 is 0 Å². The van der Waals surface area contributed by atoms with Crippen LogP contribution in [0.15, 0.2) is 30.5 Å². The largest absolute Gasteiger partial charge is 0.494 e. The number of carbonyl (C=O) groups is 1. The maximum absolute atomic E-state index is 12.8. The first kappa shape index (κ1) is 21.3. The highest BCUT2D eigenvalue weighted by Gasteiger charge is 2.20. The minimum absolute atomic E-state index is 0.261. The van der Waals surface area contributed by atoms with Crippen molar-refractivity contribution in [3.05, 3.63) is 36.0 Å². The maximum atomic E-state index is 12.8. The summed E-state index contributed by atoms with van der Waals surface area (Å²) in [5.41, 5.74) is 2.28. The van der Waals surface area contributed by atoms with E-state index in [0.717, 1.165) is 29.0 Å². The third-order valence-electron chi connectivity index (χ3n) is 4.84. The highest BCUT2D eigenvalue weighted by molar-refractivity contribution is 7.23. The quantitative estimate of drug-likeness (QED) is 0.595. The van der Waals surface area contributed by atoms with Gasteiger partial charge in [-0.3, -0.25) is 10.1 Å². The molecular formula is C22H26N4O4S. The fourth-order valence-corrected chi connectivity index (χ4v) is 4.31. The molecule has 3 heterocycles. The van der Waals surface area contributed by atoms with E-state index in [2.05, 4.69) is 34.0 Å². The lowest BCUT2D eigenvalue weighted by molar-refractivity contribution is 0.102. The van der Waals surface area contributed by atoms with Gasteiger partial charge in [0.2, 0.25) is 5.88 Å². The summed E-state index contributed by atoms with van der Waals surface area (Å²) >= 11 is 1.44. The van der Waals surface area contributed by atoms with Gasteiger partial charge < -0.3 is 19.1 Å². The summed E-state index contributed by atoms with van der Waals surface area (Å²) in [6.07, 6.45) is 1.57. The molecule has 0 aliphatic carbocycles. The van der Waals surface area contributed by atoms with Gasteiger partial charge in [-0.15, -0.1) is 0 Å². The molecule has 0 bridgehead atoms. The number of hydrogen-bond donors (Lipinski definition) is 1. The van der Waals surface area contributed by atoms with Crippen LogP contribution in [0.5, 0.6) is 11.6 Å². The van der Waals surface area contributed by atoms with Gasteiger partial charge in [0.15, 0.2) is 5.13 Å². The van der Waals surface area contributed by atoms with Crippen LogP contribution in [0.4, 0.5) is 10.8 Å². The second-order valence-electron chi connectivity index (χ2n) is 7.62. The van der Waals surface area contributed by atoms with Crippen molar-refractivity contribution in [2.75, 3.05) is 50.2 Å². The van der Waals surface area contributed by atoms with E-state index in [1.54, 1.807) is 25.4 Å². The van der Waals surface area contributed by atoms with Crippen LogP contribution in [0, 0.1) is 5.92 Å². The van der Waals surface area contributed by atoms with Crippen LogP contribution in [0.25, 0.3) is 10.2 Å². The fourth-order valence-electron chi connectivity index (χ4n) is 3.29. The van der Waals surface area contributed by atoms with Gasteiger partial charge in [0, 0.05) is 30.9 Å². The summed E-state index contributed by atoms with van der Waals surface area (Å²) in [6, 6.07) is 7.26. The Balaban J connectivity index is 1.58. The molecule has 1 N–H and O–H groups in total. The van der Waals surface area contributed by atoms with E-state index in [1.165, 1.54) is 11.3 Å². The number of anilines is 2. The number of thiazole rings is 1. The predicted molar refractivity (Wildman–Crippen MR) is 122 cm³/mol. The summed E-state index contributed by atoms with van der Waals surface area (Å²) in [5.74, 6) is 1.22. The predicted octanol–water partition coefficient (Wildman–Crippen LogP) is 3.82. The molecule has 8 nitrogen and oxygen atoms in total. The standard InChI is InChI=1S/C22H26N4O4S/c1-14(2)13-30-18-12-15(6-7-23-18)21(27)25-22-24-19-17(28-3)5-4-16(20(19)31-22)26-8-10-29-11-9-26/h4-7,12,14H,8-11,13H2,1-3H3,(H,24,25,27). The number of pyridine rings is 1. The second kappa shape index (κ2) is 9.49. The Morgan fingerprint density at radius 3 is 2.84 bits per heavy atom. The molecule has 4 rings (SSSR count). The molecule has 0 saturated carbocycles. The topological polar surface area (TPSA) is 85.8 Å². The normalized spacial score (nSPS) is 14.1. The Bertz CT molecular complexity index is 1060. The lowest BCUT2D eigenvalue weighted by Gasteiger charge is -2.29. The van der Waals surface area contributed by atoms with Crippen molar-refractivity contribution in [1.29, 1.82) is 0 Å². The van der Waals surface area contributed by atoms with E-state index >= 15 is 0 Å². The molecule has 2 aromatic heterocycles. The molecular weight excluding hydrogens is 416 g/mol. The van der Waals surface area contributed by atoms with Crippen molar-refractivity contribution < 1.29 is 19.0 Å². The van der Waals surface area contributed by atoms with Crippen molar-refractivity contribution in [2.24, 2.45) is 5.92 Å². The average molecular weight is 443 g/mol. The van der Waals surface area contributed by atoms with Gasteiger partial charge in [0.25, 0.3) is 5.91 Å². The highest BCUT2D eigenvalue weighted by Crippen LogP contribution is 2.39. The third kappa shape index (κ3) is 4.88. The molecule has 1 aromatic carbocycles.